The van der Waals surface area contributed by atoms with Crippen LogP contribution in [-0.4, -0.2) is 36.5 Å². The molecule has 1 aliphatic carbocycles. The number of rotatable bonds is 7. The monoisotopic (exact) mass is 385 g/mol. The predicted molar refractivity (Wildman–Crippen MR) is 112 cm³/mol. The van der Waals surface area contributed by atoms with Crippen LogP contribution in [0.4, 0.5) is 4.79 Å². The second-order valence-corrected chi connectivity index (χ2v) is 9.25. The van der Waals surface area contributed by atoms with Gasteiger partial charge in [-0.15, -0.1) is 0 Å². The van der Waals surface area contributed by atoms with E-state index in [4.69, 9.17) is 4.74 Å². The Morgan fingerprint density at radius 3 is 2.57 bits per heavy atom. The number of piperidine rings is 1. The Bertz CT molecular complexity index is 681. The summed E-state index contributed by atoms with van der Waals surface area (Å²) in [6.07, 6.45) is 10.6. The molecule has 154 valence electrons. The van der Waals surface area contributed by atoms with Crippen molar-refractivity contribution in [2.45, 2.75) is 78.2 Å². The van der Waals surface area contributed by atoms with E-state index in [-0.39, 0.29) is 12.2 Å². The highest BCUT2D eigenvalue weighted by Gasteiger charge is 2.45. The van der Waals surface area contributed by atoms with Gasteiger partial charge in [-0.2, -0.15) is 0 Å². The lowest BCUT2D eigenvalue weighted by Crippen LogP contribution is -2.49. The number of amides is 1. The van der Waals surface area contributed by atoms with Crippen molar-refractivity contribution in [3.05, 3.63) is 34.9 Å². The van der Waals surface area contributed by atoms with Crippen LogP contribution in [-0.2, 0) is 11.2 Å². The zero-order valence-corrected chi connectivity index (χ0v) is 17.7. The van der Waals surface area contributed by atoms with Gasteiger partial charge >= 0.3 is 6.09 Å². The van der Waals surface area contributed by atoms with Crippen LogP contribution in [0.3, 0.4) is 0 Å². The van der Waals surface area contributed by atoms with E-state index in [1.165, 1.54) is 37.7 Å². The first kappa shape index (κ1) is 20.9. The molecule has 0 aromatic heterocycles. The summed E-state index contributed by atoms with van der Waals surface area (Å²) >= 11 is 0. The molecule has 1 aromatic rings. The summed E-state index contributed by atoms with van der Waals surface area (Å²) in [5.41, 5.74) is 3.72. The van der Waals surface area contributed by atoms with Crippen molar-refractivity contribution in [1.29, 1.82) is 0 Å². The van der Waals surface area contributed by atoms with Crippen LogP contribution < -0.4 is 0 Å². The van der Waals surface area contributed by atoms with Crippen LogP contribution in [0.25, 0.3) is 0 Å². The molecule has 0 atom stereocenters. The van der Waals surface area contributed by atoms with Gasteiger partial charge in [0.05, 0.1) is 6.10 Å². The number of benzene rings is 1. The van der Waals surface area contributed by atoms with Crippen LogP contribution in [0.2, 0.25) is 0 Å². The maximum atomic E-state index is 12.0. The van der Waals surface area contributed by atoms with Gasteiger partial charge in [0.2, 0.25) is 0 Å². The number of ether oxygens (including phenoxy) is 1. The number of likely N-dealkylation sites (tertiary alicyclic amines) is 1. The third kappa shape index (κ3) is 5.15. The van der Waals surface area contributed by atoms with E-state index in [9.17, 15) is 9.59 Å². The molecule has 1 aliphatic heterocycles. The Morgan fingerprint density at radius 1 is 1.25 bits per heavy atom. The quantitative estimate of drug-likeness (QED) is 0.456. The maximum absolute atomic E-state index is 12.0. The van der Waals surface area contributed by atoms with Gasteiger partial charge < -0.3 is 9.64 Å². The molecule has 0 bridgehead atoms. The number of carbonyl (C=O) groups excluding carboxylic acids is 2. The molecule has 1 spiro atoms. The van der Waals surface area contributed by atoms with Gasteiger partial charge in [-0.1, -0.05) is 31.0 Å². The minimum atomic E-state index is -0.142. The lowest BCUT2D eigenvalue weighted by molar-refractivity contribution is -0.0196. The molecule has 0 radical (unpaired) electrons. The van der Waals surface area contributed by atoms with Crippen LogP contribution >= 0.6 is 0 Å². The third-order valence-corrected chi connectivity index (χ3v) is 6.65. The minimum absolute atomic E-state index is 0.0386. The lowest BCUT2D eigenvalue weighted by atomic mass is 9.56. The molecule has 1 saturated heterocycles. The standard InChI is InChI=1S/C24H35NO3/c1-18(2)28-23(27)25-12-10-24(11-13-25)15-21(16-24)7-5-4-6-20-8-9-22(17-26)19(3)14-20/h8-9,14,17-18,21H,4-7,10-13,15-16H2,1-3H3. The molecule has 1 aromatic carbocycles. The average Bonchev–Trinajstić information content (AvgIpc) is 2.63. The first-order valence-electron chi connectivity index (χ1n) is 10.9. The normalized spacial score (nSPS) is 18.9. The molecule has 4 nitrogen and oxygen atoms in total. The number of hydrogen-bond acceptors (Lipinski definition) is 3. The highest BCUT2D eigenvalue weighted by molar-refractivity contribution is 5.77. The van der Waals surface area contributed by atoms with E-state index < -0.39 is 0 Å². The Hall–Kier alpha value is -1.84. The fourth-order valence-electron chi connectivity index (χ4n) is 5.00. The Labute approximate surface area is 169 Å². The molecule has 0 N–H and O–H groups in total. The van der Waals surface area contributed by atoms with E-state index >= 15 is 0 Å². The average molecular weight is 386 g/mol. The largest absolute Gasteiger partial charge is 0.447 e. The van der Waals surface area contributed by atoms with Gasteiger partial charge in [0.25, 0.3) is 0 Å². The van der Waals surface area contributed by atoms with Crippen LogP contribution in [0.1, 0.15) is 80.3 Å². The summed E-state index contributed by atoms with van der Waals surface area (Å²) in [6.45, 7) is 7.53. The molecule has 3 rings (SSSR count). The van der Waals surface area contributed by atoms with Gasteiger partial charge in [0.1, 0.15) is 6.29 Å². The molecular formula is C24H35NO3. The van der Waals surface area contributed by atoms with Crippen LogP contribution in [0, 0.1) is 18.3 Å². The number of carbonyl (C=O) groups is 2. The van der Waals surface area contributed by atoms with Crippen molar-refractivity contribution >= 4 is 12.4 Å². The zero-order valence-electron chi connectivity index (χ0n) is 17.7. The molecule has 1 saturated carbocycles. The smallest absolute Gasteiger partial charge is 0.410 e. The summed E-state index contributed by atoms with van der Waals surface area (Å²) in [4.78, 5) is 24.8. The highest BCUT2D eigenvalue weighted by atomic mass is 16.6. The van der Waals surface area contributed by atoms with Crippen LogP contribution in [0.5, 0.6) is 0 Å². The molecule has 1 amide bonds. The number of hydrogen-bond donors (Lipinski definition) is 0. The van der Waals surface area contributed by atoms with E-state index in [0.717, 1.165) is 55.7 Å². The van der Waals surface area contributed by atoms with Crippen molar-refractivity contribution in [3.63, 3.8) is 0 Å². The summed E-state index contributed by atoms with van der Waals surface area (Å²) in [5, 5.41) is 0. The van der Waals surface area contributed by atoms with E-state index in [0.29, 0.717) is 5.41 Å². The number of nitrogens with zero attached hydrogens (tertiary/aromatic N) is 1. The molecule has 0 unspecified atom stereocenters. The minimum Gasteiger partial charge on any atom is -0.447 e. The summed E-state index contributed by atoms with van der Waals surface area (Å²) in [5.74, 6) is 0.869. The Kier molecular flexibility index (Phi) is 6.79. The SMILES string of the molecule is Cc1cc(CCCCC2CC3(CCN(C(=O)OC(C)C)CC3)C2)ccc1C=O. The van der Waals surface area contributed by atoms with E-state index in [1.54, 1.807) is 0 Å². The lowest BCUT2D eigenvalue weighted by Gasteiger charge is -2.52. The van der Waals surface area contributed by atoms with Gasteiger partial charge in [-0.3, -0.25) is 4.79 Å². The number of unbranched alkanes of at least 4 members (excludes halogenated alkanes) is 1. The molecule has 2 fully saturated rings. The Morgan fingerprint density at radius 2 is 1.96 bits per heavy atom. The first-order valence-corrected chi connectivity index (χ1v) is 10.9. The fourth-order valence-corrected chi connectivity index (χ4v) is 5.00. The van der Waals surface area contributed by atoms with Gasteiger partial charge in [-0.25, -0.2) is 4.79 Å². The predicted octanol–water partition coefficient (Wildman–Crippen LogP) is 5.56. The van der Waals surface area contributed by atoms with Gasteiger partial charge in [-0.05, 0) is 81.8 Å². The molecule has 28 heavy (non-hydrogen) atoms. The zero-order chi connectivity index (χ0) is 20.1. The van der Waals surface area contributed by atoms with Gasteiger partial charge in [0, 0.05) is 18.7 Å². The maximum Gasteiger partial charge on any atom is 0.410 e. The van der Waals surface area contributed by atoms with Crippen molar-refractivity contribution < 1.29 is 14.3 Å². The van der Waals surface area contributed by atoms with Crippen molar-refractivity contribution in [1.82, 2.24) is 4.90 Å². The second kappa shape index (κ2) is 9.11. The van der Waals surface area contributed by atoms with E-state index in [1.807, 2.05) is 31.7 Å². The Balaban J connectivity index is 1.32. The third-order valence-electron chi connectivity index (χ3n) is 6.65. The van der Waals surface area contributed by atoms with Crippen LogP contribution in [0.15, 0.2) is 18.2 Å². The summed E-state index contributed by atoms with van der Waals surface area (Å²) < 4.78 is 5.32. The topological polar surface area (TPSA) is 46.6 Å². The molecule has 4 heteroatoms. The summed E-state index contributed by atoms with van der Waals surface area (Å²) in [6, 6.07) is 6.18. The van der Waals surface area contributed by atoms with Crippen molar-refractivity contribution in [2.24, 2.45) is 11.3 Å². The summed E-state index contributed by atoms with van der Waals surface area (Å²) in [7, 11) is 0. The van der Waals surface area contributed by atoms with E-state index in [2.05, 4.69) is 12.1 Å². The number of aryl methyl sites for hydroxylation is 2. The molecular weight excluding hydrogens is 350 g/mol. The fraction of sp³-hybridized carbons (Fsp3) is 0.667. The second-order valence-electron chi connectivity index (χ2n) is 9.25. The molecule has 2 aliphatic rings. The van der Waals surface area contributed by atoms with Crippen molar-refractivity contribution in [2.75, 3.05) is 13.1 Å². The molecule has 1 heterocycles. The number of aldehydes is 1. The highest BCUT2D eigenvalue weighted by Crippen LogP contribution is 2.54. The van der Waals surface area contributed by atoms with Crippen molar-refractivity contribution in [3.8, 4) is 0 Å². The van der Waals surface area contributed by atoms with Gasteiger partial charge in [0.15, 0.2) is 0 Å². The first-order chi connectivity index (χ1) is 13.4.